The lowest BCUT2D eigenvalue weighted by molar-refractivity contribution is 0.0674. The van der Waals surface area contributed by atoms with Gasteiger partial charge in [-0.2, -0.15) is 0 Å². The summed E-state index contributed by atoms with van der Waals surface area (Å²) >= 11 is 0. The minimum atomic E-state index is -3.68. The van der Waals surface area contributed by atoms with Gasteiger partial charge in [-0.05, 0) is 62.7 Å². The molecule has 6 nitrogen and oxygen atoms in total. The zero-order chi connectivity index (χ0) is 19.3. The SMILES string of the molecule is CNCC1CCCN(C(=O)c2cccc(NS(=O)(=O)c3ccccc3)c2)C1.Cl. The van der Waals surface area contributed by atoms with Crippen LogP contribution in [0.1, 0.15) is 23.2 Å². The van der Waals surface area contributed by atoms with E-state index in [-0.39, 0.29) is 23.2 Å². The highest BCUT2D eigenvalue weighted by Gasteiger charge is 2.24. The zero-order valence-electron chi connectivity index (χ0n) is 15.8. The van der Waals surface area contributed by atoms with E-state index < -0.39 is 10.0 Å². The average Bonchev–Trinajstić information content (AvgIpc) is 2.68. The maximum atomic E-state index is 12.9. The van der Waals surface area contributed by atoms with E-state index in [1.165, 1.54) is 12.1 Å². The Morgan fingerprint density at radius 3 is 2.61 bits per heavy atom. The van der Waals surface area contributed by atoms with Crippen molar-refractivity contribution in [2.24, 2.45) is 5.92 Å². The van der Waals surface area contributed by atoms with Crippen LogP contribution in [0.25, 0.3) is 0 Å². The lowest BCUT2D eigenvalue weighted by atomic mass is 9.97. The molecule has 1 amide bonds. The van der Waals surface area contributed by atoms with Crippen LogP contribution in [0.4, 0.5) is 5.69 Å². The van der Waals surface area contributed by atoms with Gasteiger partial charge in [-0.15, -0.1) is 12.4 Å². The molecule has 0 aromatic heterocycles. The van der Waals surface area contributed by atoms with Gasteiger partial charge < -0.3 is 10.2 Å². The second-order valence-corrected chi connectivity index (χ2v) is 8.50. The molecular weight excluding hydrogens is 398 g/mol. The molecule has 152 valence electrons. The number of nitrogens with zero attached hydrogens (tertiary/aromatic N) is 1. The minimum Gasteiger partial charge on any atom is -0.338 e. The van der Waals surface area contributed by atoms with Gasteiger partial charge >= 0.3 is 0 Å². The Morgan fingerprint density at radius 1 is 1.14 bits per heavy atom. The van der Waals surface area contributed by atoms with Crippen LogP contribution in [-0.4, -0.2) is 45.9 Å². The average molecular weight is 424 g/mol. The van der Waals surface area contributed by atoms with Crippen LogP contribution in [0, 0.1) is 5.92 Å². The number of piperidine rings is 1. The van der Waals surface area contributed by atoms with Crippen molar-refractivity contribution < 1.29 is 13.2 Å². The highest BCUT2D eigenvalue weighted by Crippen LogP contribution is 2.21. The smallest absolute Gasteiger partial charge is 0.261 e. The summed E-state index contributed by atoms with van der Waals surface area (Å²) in [6.07, 6.45) is 2.10. The summed E-state index contributed by atoms with van der Waals surface area (Å²) in [6.45, 7) is 2.35. The van der Waals surface area contributed by atoms with Gasteiger partial charge in [-0.3, -0.25) is 9.52 Å². The number of hydrogen-bond donors (Lipinski definition) is 2. The van der Waals surface area contributed by atoms with E-state index in [0.717, 1.165) is 32.5 Å². The summed E-state index contributed by atoms with van der Waals surface area (Å²) < 4.78 is 27.5. The third-order valence-corrected chi connectivity index (χ3v) is 6.11. The molecule has 0 bridgehead atoms. The van der Waals surface area contributed by atoms with Crippen molar-refractivity contribution in [3.63, 3.8) is 0 Å². The molecule has 0 saturated carbocycles. The summed E-state index contributed by atoms with van der Waals surface area (Å²) in [5, 5.41) is 3.17. The van der Waals surface area contributed by atoms with Crippen LogP contribution in [0.5, 0.6) is 0 Å². The number of hydrogen-bond acceptors (Lipinski definition) is 4. The van der Waals surface area contributed by atoms with Crippen molar-refractivity contribution in [1.29, 1.82) is 0 Å². The molecule has 1 aliphatic rings. The molecule has 28 heavy (non-hydrogen) atoms. The molecule has 1 saturated heterocycles. The van der Waals surface area contributed by atoms with Gasteiger partial charge in [0.05, 0.1) is 4.90 Å². The number of anilines is 1. The van der Waals surface area contributed by atoms with Crippen LogP contribution < -0.4 is 10.0 Å². The normalized spacial score (nSPS) is 16.9. The fourth-order valence-corrected chi connectivity index (χ4v) is 4.49. The number of carbonyl (C=O) groups is 1. The number of amides is 1. The van der Waals surface area contributed by atoms with Gasteiger partial charge in [0.2, 0.25) is 0 Å². The Labute approximate surface area is 172 Å². The summed E-state index contributed by atoms with van der Waals surface area (Å²) in [5.41, 5.74) is 0.877. The fourth-order valence-electron chi connectivity index (χ4n) is 3.42. The Hall–Kier alpha value is -2.09. The molecule has 1 aliphatic heterocycles. The summed E-state index contributed by atoms with van der Waals surface area (Å²) in [6, 6.07) is 14.9. The predicted octanol–water partition coefficient (Wildman–Crippen LogP) is 2.98. The number of benzene rings is 2. The molecule has 1 heterocycles. The molecule has 1 fully saturated rings. The highest BCUT2D eigenvalue weighted by atomic mass is 35.5. The highest BCUT2D eigenvalue weighted by molar-refractivity contribution is 7.92. The summed E-state index contributed by atoms with van der Waals surface area (Å²) in [5.74, 6) is 0.393. The topological polar surface area (TPSA) is 78.5 Å². The summed E-state index contributed by atoms with van der Waals surface area (Å²) in [4.78, 5) is 14.9. The second kappa shape index (κ2) is 9.91. The minimum absolute atomic E-state index is 0. The Kier molecular flexibility index (Phi) is 7.86. The van der Waals surface area contributed by atoms with Crippen LogP contribution in [0.15, 0.2) is 59.5 Å². The monoisotopic (exact) mass is 423 g/mol. The molecule has 0 spiro atoms. The van der Waals surface area contributed by atoms with Crippen molar-refractivity contribution in [2.75, 3.05) is 31.4 Å². The quantitative estimate of drug-likeness (QED) is 0.748. The van der Waals surface area contributed by atoms with Crippen molar-refractivity contribution in [3.8, 4) is 0 Å². The molecule has 2 aromatic rings. The molecule has 1 unspecified atom stereocenters. The predicted molar refractivity (Wildman–Crippen MR) is 113 cm³/mol. The van der Waals surface area contributed by atoms with Gasteiger partial charge in [0.15, 0.2) is 0 Å². The third kappa shape index (κ3) is 5.47. The van der Waals surface area contributed by atoms with Gasteiger partial charge in [0.25, 0.3) is 15.9 Å². The maximum Gasteiger partial charge on any atom is 0.261 e. The number of nitrogens with one attached hydrogen (secondary N) is 2. The van der Waals surface area contributed by atoms with Gasteiger partial charge in [-0.1, -0.05) is 24.3 Å². The van der Waals surface area contributed by atoms with E-state index in [4.69, 9.17) is 0 Å². The second-order valence-electron chi connectivity index (χ2n) is 6.82. The number of carbonyl (C=O) groups excluding carboxylic acids is 1. The molecule has 0 aliphatic carbocycles. The number of rotatable bonds is 6. The Morgan fingerprint density at radius 2 is 1.89 bits per heavy atom. The van der Waals surface area contributed by atoms with Crippen LogP contribution in [0.2, 0.25) is 0 Å². The lowest BCUT2D eigenvalue weighted by Gasteiger charge is -2.32. The Bertz CT molecular complexity index is 889. The van der Waals surface area contributed by atoms with Crippen LogP contribution in [-0.2, 0) is 10.0 Å². The lowest BCUT2D eigenvalue weighted by Crippen LogP contribution is -2.42. The fraction of sp³-hybridized carbons (Fsp3) is 0.350. The van der Waals surface area contributed by atoms with Gasteiger partial charge in [0.1, 0.15) is 0 Å². The van der Waals surface area contributed by atoms with Crippen molar-refractivity contribution in [2.45, 2.75) is 17.7 Å². The molecule has 3 rings (SSSR count). The molecular formula is C20H26ClN3O3S. The van der Waals surface area contributed by atoms with E-state index >= 15 is 0 Å². The van der Waals surface area contributed by atoms with E-state index in [9.17, 15) is 13.2 Å². The molecule has 2 aromatic carbocycles. The maximum absolute atomic E-state index is 12.9. The van der Waals surface area contributed by atoms with E-state index in [2.05, 4.69) is 10.0 Å². The first-order valence-corrected chi connectivity index (χ1v) is 10.6. The Balaban J connectivity index is 0.00000280. The van der Waals surface area contributed by atoms with Crippen molar-refractivity contribution >= 4 is 34.0 Å². The van der Waals surface area contributed by atoms with Gasteiger partial charge in [-0.25, -0.2) is 8.42 Å². The first-order valence-electron chi connectivity index (χ1n) is 9.11. The largest absolute Gasteiger partial charge is 0.338 e. The van der Waals surface area contributed by atoms with Crippen molar-refractivity contribution in [1.82, 2.24) is 10.2 Å². The van der Waals surface area contributed by atoms with E-state index in [1.54, 1.807) is 42.5 Å². The third-order valence-electron chi connectivity index (χ3n) is 4.71. The van der Waals surface area contributed by atoms with Crippen LogP contribution in [0.3, 0.4) is 0 Å². The first kappa shape index (κ1) is 22.2. The van der Waals surface area contributed by atoms with E-state index in [1.807, 2.05) is 11.9 Å². The zero-order valence-corrected chi connectivity index (χ0v) is 17.4. The standard InChI is InChI=1S/C20H25N3O3S.ClH/c1-21-14-16-7-6-12-23(15-16)20(24)17-8-5-9-18(13-17)22-27(25,26)19-10-3-2-4-11-19;/h2-5,8-11,13,16,21-22H,6-7,12,14-15H2,1H3;1H. The molecule has 1 atom stereocenters. The molecule has 8 heteroatoms. The molecule has 0 radical (unpaired) electrons. The number of sulfonamides is 1. The van der Waals surface area contributed by atoms with Crippen molar-refractivity contribution in [3.05, 3.63) is 60.2 Å². The molecule has 2 N–H and O–H groups in total. The number of likely N-dealkylation sites (tertiary alicyclic amines) is 1. The number of halogens is 1. The van der Waals surface area contributed by atoms with E-state index in [0.29, 0.717) is 17.2 Å². The summed E-state index contributed by atoms with van der Waals surface area (Å²) in [7, 11) is -1.76. The first-order chi connectivity index (χ1) is 13.0. The van der Waals surface area contributed by atoms with Crippen LogP contribution >= 0.6 is 12.4 Å². The van der Waals surface area contributed by atoms with Gasteiger partial charge in [0, 0.05) is 24.3 Å².